The fraction of sp³-hybridized carbons (Fsp3) is 0.550. The summed E-state index contributed by atoms with van der Waals surface area (Å²) >= 11 is 1.99. The second kappa shape index (κ2) is 7.83. The van der Waals surface area contributed by atoms with Gasteiger partial charge in [-0.2, -0.15) is 11.8 Å². The first kappa shape index (κ1) is 17.0. The Bertz CT molecular complexity index is 732. The maximum atomic E-state index is 12.7. The first-order valence-corrected chi connectivity index (χ1v) is 10.5. The number of hydrogen-bond donors (Lipinski definition) is 2. The molecule has 1 saturated carbocycles. The van der Waals surface area contributed by atoms with Gasteiger partial charge in [-0.05, 0) is 18.9 Å². The smallest absolute Gasteiger partial charge is 0.287 e. The van der Waals surface area contributed by atoms with Crippen molar-refractivity contribution >= 4 is 28.6 Å². The highest BCUT2D eigenvalue weighted by Crippen LogP contribution is 2.35. The highest BCUT2D eigenvalue weighted by molar-refractivity contribution is 7.99. The Hall–Kier alpha value is -1.46. The molecule has 1 aliphatic carbocycles. The third kappa shape index (κ3) is 3.87. The molecule has 4 nitrogen and oxygen atoms in total. The van der Waals surface area contributed by atoms with Crippen LogP contribution in [0.1, 0.15) is 48.2 Å². The lowest BCUT2D eigenvalue weighted by Gasteiger charge is -2.26. The predicted molar refractivity (Wildman–Crippen MR) is 103 cm³/mol. The van der Waals surface area contributed by atoms with Gasteiger partial charge < -0.3 is 15.1 Å². The lowest BCUT2D eigenvalue weighted by atomic mass is 10.0. The summed E-state index contributed by atoms with van der Waals surface area (Å²) in [6, 6.07) is 8.01. The number of carbonyl (C=O) groups excluding carboxylic acids is 1. The van der Waals surface area contributed by atoms with Gasteiger partial charge in [-0.25, -0.2) is 0 Å². The van der Waals surface area contributed by atoms with Gasteiger partial charge >= 0.3 is 0 Å². The molecule has 2 heterocycles. The Morgan fingerprint density at radius 2 is 2.00 bits per heavy atom. The third-order valence-corrected chi connectivity index (χ3v) is 6.74. The van der Waals surface area contributed by atoms with Crippen molar-refractivity contribution in [1.82, 2.24) is 10.6 Å². The fourth-order valence-electron chi connectivity index (χ4n) is 3.67. The summed E-state index contributed by atoms with van der Waals surface area (Å²) in [6.45, 7) is 2.70. The number of amides is 1. The van der Waals surface area contributed by atoms with Gasteiger partial charge in [-0.1, -0.05) is 37.5 Å². The van der Waals surface area contributed by atoms with E-state index < -0.39 is 0 Å². The largest absolute Gasteiger partial charge is 0.451 e. The molecular formula is C20H26N2O2S. The van der Waals surface area contributed by atoms with Crippen molar-refractivity contribution in [2.75, 3.05) is 19.6 Å². The average Bonchev–Trinajstić information content (AvgIpc) is 2.98. The van der Waals surface area contributed by atoms with Gasteiger partial charge in [0.25, 0.3) is 5.91 Å². The summed E-state index contributed by atoms with van der Waals surface area (Å²) < 4.78 is 5.94. The van der Waals surface area contributed by atoms with Crippen LogP contribution in [0, 0.1) is 5.92 Å². The second-order valence-electron chi connectivity index (χ2n) is 7.21. The highest BCUT2D eigenvalue weighted by Gasteiger charge is 2.24. The van der Waals surface area contributed by atoms with Crippen LogP contribution in [0.2, 0.25) is 0 Å². The van der Waals surface area contributed by atoms with E-state index in [1.807, 2.05) is 30.0 Å². The average molecular weight is 359 g/mol. The second-order valence-corrected chi connectivity index (χ2v) is 8.50. The molecule has 25 heavy (non-hydrogen) atoms. The van der Waals surface area contributed by atoms with Gasteiger partial charge in [0.2, 0.25) is 0 Å². The van der Waals surface area contributed by atoms with Crippen molar-refractivity contribution in [3.8, 4) is 0 Å². The predicted octanol–water partition coefficient (Wildman–Crippen LogP) is 3.95. The van der Waals surface area contributed by atoms with Crippen LogP contribution in [-0.4, -0.2) is 30.8 Å². The number of nitrogens with one attached hydrogen (secondary N) is 2. The number of thioether (sulfide) groups is 1. The summed E-state index contributed by atoms with van der Waals surface area (Å²) in [7, 11) is 0. The summed E-state index contributed by atoms with van der Waals surface area (Å²) in [6.07, 6.45) is 6.65. The Labute approximate surface area is 153 Å². The van der Waals surface area contributed by atoms with Gasteiger partial charge in [0.15, 0.2) is 5.76 Å². The van der Waals surface area contributed by atoms with E-state index in [2.05, 4.69) is 16.7 Å². The van der Waals surface area contributed by atoms with Gasteiger partial charge in [0.05, 0.1) is 0 Å². The minimum Gasteiger partial charge on any atom is -0.451 e. The van der Waals surface area contributed by atoms with Crippen LogP contribution < -0.4 is 10.6 Å². The van der Waals surface area contributed by atoms with Crippen LogP contribution in [0.4, 0.5) is 0 Å². The zero-order valence-corrected chi connectivity index (χ0v) is 15.4. The number of rotatable bonds is 6. The SMILES string of the molecule is O=C(NCC1CNC1)c1oc2ccccc2c1CSC1CCCCC1. The van der Waals surface area contributed by atoms with Crippen molar-refractivity contribution in [3.63, 3.8) is 0 Å². The molecule has 1 aromatic carbocycles. The molecule has 2 aliphatic rings. The highest BCUT2D eigenvalue weighted by atomic mass is 32.2. The number of carbonyl (C=O) groups is 1. The van der Waals surface area contributed by atoms with Crippen molar-refractivity contribution in [2.24, 2.45) is 5.92 Å². The molecule has 0 atom stereocenters. The molecular weight excluding hydrogens is 332 g/mol. The molecule has 1 saturated heterocycles. The number of hydrogen-bond acceptors (Lipinski definition) is 4. The van der Waals surface area contributed by atoms with E-state index in [1.54, 1.807) is 0 Å². The van der Waals surface area contributed by atoms with Crippen LogP contribution in [0.5, 0.6) is 0 Å². The van der Waals surface area contributed by atoms with E-state index in [1.165, 1.54) is 32.1 Å². The van der Waals surface area contributed by atoms with Gasteiger partial charge in [0.1, 0.15) is 5.58 Å². The number of furan rings is 1. The quantitative estimate of drug-likeness (QED) is 0.821. The van der Waals surface area contributed by atoms with Crippen LogP contribution in [-0.2, 0) is 5.75 Å². The molecule has 0 spiro atoms. The van der Waals surface area contributed by atoms with E-state index in [9.17, 15) is 4.79 Å². The molecule has 134 valence electrons. The Morgan fingerprint density at radius 1 is 1.20 bits per heavy atom. The van der Waals surface area contributed by atoms with Crippen molar-refractivity contribution in [2.45, 2.75) is 43.1 Å². The van der Waals surface area contributed by atoms with E-state index >= 15 is 0 Å². The summed E-state index contributed by atoms with van der Waals surface area (Å²) in [5.41, 5.74) is 1.88. The minimum absolute atomic E-state index is 0.0673. The number of fused-ring (bicyclic) bond motifs is 1. The molecule has 1 amide bonds. The van der Waals surface area contributed by atoms with E-state index in [4.69, 9.17) is 4.42 Å². The summed E-state index contributed by atoms with van der Waals surface area (Å²) in [5, 5.41) is 8.10. The molecule has 0 radical (unpaired) electrons. The molecule has 2 aromatic rings. The molecule has 2 N–H and O–H groups in total. The van der Waals surface area contributed by atoms with Crippen molar-refractivity contribution < 1.29 is 9.21 Å². The Kier molecular flexibility index (Phi) is 5.32. The first-order valence-electron chi connectivity index (χ1n) is 9.42. The third-order valence-electron chi connectivity index (χ3n) is 5.34. The van der Waals surface area contributed by atoms with Crippen LogP contribution in [0.25, 0.3) is 11.0 Å². The van der Waals surface area contributed by atoms with Gasteiger partial charge in [-0.3, -0.25) is 4.79 Å². The van der Waals surface area contributed by atoms with Crippen LogP contribution >= 0.6 is 11.8 Å². The first-order chi connectivity index (χ1) is 12.3. The molecule has 0 unspecified atom stereocenters. The molecule has 0 bridgehead atoms. The zero-order chi connectivity index (χ0) is 17.1. The number of para-hydroxylation sites is 1. The van der Waals surface area contributed by atoms with E-state index in [0.29, 0.717) is 11.7 Å². The Balaban J connectivity index is 1.51. The molecule has 4 rings (SSSR count). The van der Waals surface area contributed by atoms with E-state index in [-0.39, 0.29) is 5.91 Å². The van der Waals surface area contributed by atoms with E-state index in [0.717, 1.165) is 47.2 Å². The van der Waals surface area contributed by atoms with Crippen LogP contribution in [0.15, 0.2) is 28.7 Å². The standard InChI is InChI=1S/C20H26N2O2S/c23-20(22-12-14-10-21-11-14)19-17(13-25-15-6-2-1-3-7-15)16-8-4-5-9-18(16)24-19/h4-5,8-9,14-15,21H,1-3,6-7,10-13H2,(H,22,23). The summed E-state index contributed by atoms with van der Waals surface area (Å²) in [4.78, 5) is 12.7. The molecule has 2 fully saturated rings. The molecule has 1 aromatic heterocycles. The monoisotopic (exact) mass is 358 g/mol. The number of benzene rings is 1. The molecule has 1 aliphatic heterocycles. The van der Waals surface area contributed by atoms with Crippen molar-refractivity contribution in [1.29, 1.82) is 0 Å². The summed E-state index contributed by atoms with van der Waals surface area (Å²) in [5.74, 6) is 1.85. The zero-order valence-electron chi connectivity index (χ0n) is 14.6. The fourth-order valence-corrected chi connectivity index (χ4v) is 5.02. The maximum absolute atomic E-state index is 12.7. The van der Waals surface area contributed by atoms with Gasteiger partial charge in [0, 0.05) is 47.5 Å². The Morgan fingerprint density at radius 3 is 2.76 bits per heavy atom. The van der Waals surface area contributed by atoms with Crippen LogP contribution in [0.3, 0.4) is 0 Å². The minimum atomic E-state index is -0.0673. The maximum Gasteiger partial charge on any atom is 0.287 e. The lowest BCUT2D eigenvalue weighted by Crippen LogP contribution is -2.48. The normalized spacial score (nSPS) is 19.0. The van der Waals surface area contributed by atoms with Crippen molar-refractivity contribution in [3.05, 3.63) is 35.6 Å². The van der Waals surface area contributed by atoms with Gasteiger partial charge in [-0.15, -0.1) is 0 Å². The molecule has 5 heteroatoms. The lowest BCUT2D eigenvalue weighted by molar-refractivity contribution is 0.0915. The topological polar surface area (TPSA) is 54.3 Å².